The van der Waals surface area contributed by atoms with Gasteiger partial charge in [0, 0.05) is 13.2 Å². The topological polar surface area (TPSA) is 80.0 Å². The van der Waals surface area contributed by atoms with E-state index in [1.165, 1.54) is 10.8 Å². The Morgan fingerprint density at radius 2 is 1.81 bits per heavy atom. The van der Waals surface area contributed by atoms with E-state index in [4.69, 9.17) is 30.5 Å². The normalized spacial score (nSPS) is 11.1. The van der Waals surface area contributed by atoms with Gasteiger partial charge in [0.25, 0.3) is 5.78 Å². The molecule has 2 heterocycles. The molecular weight excluding hydrogens is 300 g/mol. The molecule has 0 fully saturated rings. The minimum Gasteiger partial charge on any atom is -0.475 e. The predicted molar refractivity (Wildman–Crippen MR) is 74.8 cm³/mol. The average Bonchev–Trinajstić information content (AvgIpc) is 2.93. The molecular formula is C12H17ClN4O4. The van der Waals surface area contributed by atoms with Crippen molar-refractivity contribution in [3.05, 3.63) is 17.5 Å². The number of nitrogens with zero attached hydrogens (tertiary/aromatic N) is 4. The van der Waals surface area contributed by atoms with Crippen LogP contribution >= 0.6 is 11.6 Å². The Morgan fingerprint density at radius 1 is 1.10 bits per heavy atom. The lowest BCUT2D eigenvalue weighted by Crippen LogP contribution is -2.13. The zero-order valence-electron chi connectivity index (χ0n) is 11.7. The summed E-state index contributed by atoms with van der Waals surface area (Å²) in [6, 6.07) is 1.58. The lowest BCUT2D eigenvalue weighted by atomic mass is 10.6. The second kappa shape index (κ2) is 8.73. The number of hydrogen-bond acceptors (Lipinski definition) is 7. The van der Waals surface area contributed by atoms with Crippen LogP contribution in [0, 0.1) is 0 Å². The molecule has 2 aromatic rings. The second-order valence-corrected chi connectivity index (χ2v) is 4.34. The van der Waals surface area contributed by atoms with Crippen LogP contribution in [0.25, 0.3) is 5.78 Å². The van der Waals surface area contributed by atoms with Gasteiger partial charge in [-0.3, -0.25) is 0 Å². The third kappa shape index (κ3) is 5.09. The Labute approximate surface area is 126 Å². The van der Waals surface area contributed by atoms with Crippen LogP contribution in [0.1, 0.15) is 0 Å². The van der Waals surface area contributed by atoms with Crippen LogP contribution in [0.3, 0.4) is 0 Å². The number of halogens is 1. The van der Waals surface area contributed by atoms with Gasteiger partial charge in [0.05, 0.1) is 33.0 Å². The third-order valence-electron chi connectivity index (χ3n) is 2.47. The molecule has 0 unspecified atom stereocenters. The maximum Gasteiger partial charge on any atom is 0.256 e. The number of methoxy groups -OCH3 is 1. The second-order valence-electron chi connectivity index (χ2n) is 3.95. The van der Waals surface area contributed by atoms with Crippen LogP contribution < -0.4 is 4.74 Å². The molecule has 0 saturated heterocycles. The molecule has 0 aromatic carbocycles. The standard InChI is InChI=1S/C12H17ClN4O4/c1-18-2-3-19-4-5-20-6-7-21-11-8-10(13)16-12-14-9-15-17(11)12/h8-9H,2-7H2,1H3. The smallest absolute Gasteiger partial charge is 0.256 e. The first-order valence-electron chi connectivity index (χ1n) is 6.45. The van der Waals surface area contributed by atoms with E-state index in [0.29, 0.717) is 56.5 Å². The fourth-order valence-electron chi connectivity index (χ4n) is 1.53. The number of aromatic nitrogens is 4. The molecule has 2 aromatic heterocycles. The van der Waals surface area contributed by atoms with Gasteiger partial charge in [-0.05, 0) is 0 Å². The van der Waals surface area contributed by atoms with E-state index in [2.05, 4.69) is 15.1 Å². The average molecular weight is 317 g/mol. The maximum atomic E-state index is 5.87. The van der Waals surface area contributed by atoms with E-state index in [9.17, 15) is 0 Å². The molecule has 9 heteroatoms. The zero-order chi connectivity index (χ0) is 14.9. The van der Waals surface area contributed by atoms with E-state index in [1.54, 1.807) is 13.2 Å². The molecule has 0 radical (unpaired) electrons. The lowest BCUT2D eigenvalue weighted by Gasteiger charge is -2.08. The molecule has 21 heavy (non-hydrogen) atoms. The first-order chi connectivity index (χ1) is 10.3. The summed E-state index contributed by atoms with van der Waals surface area (Å²) in [5, 5.41) is 4.31. The minimum absolute atomic E-state index is 0.304. The summed E-state index contributed by atoms with van der Waals surface area (Å²) in [5.74, 6) is 0.868. The highest BCUT2D eigenvalue weighted by atomic mass is 35.5. The monoisotopic (exact) mass is 316 g/mol. The summed E-state index contributed by atoms with van der Waals surface area (Å²) in [5.41, 5.74) is 0. The third-order valence-corrected chi connectivity index (χ3v) is 2.66. The molecule has 0 aliphatic rings. The van der Waals surface area contributed by atoms with Crippen LogP contribution in [-0.2, 0) is 14.2 Å². The maximum absolute atomic E-state index is 5.87. The van der Waals surface area contributed by atoms with Crippen molar-refractivity contribution in [2.24, 2.45) is 0 Å². The van der Waals surface area contributed by atoms with Gasteiger partial charge in [0.1, 0.15) is 18.1 Å². The molecule has 2 rings (SSSR count). The Balaban J connectivity index is 1.65. The number of hydrogen-bond donors (Lipinski definition) is 0. The highest BCUT2D eigenvalue weighted by Crippen LogP contribution is 2.16. The van der Waals surface area contributed by atoms with Gasteiger partial charge in [-0.2, -0.15) is 19.6 Å². The highest BCUT2D eigenvalue weighted by Gasteiger charge is 2.07. The molecule has 0 spiro atoms. The fourth-order valence-corrected chi connectivity index (χ4v) is 1.70. The first-order valence-corrected chi connectivity index (χ1v) is 6.82. The summed E-state index contributed by atoms with van der Waals surface area (Å²) in [6.45, 7) is 2.98. The lowest BCUT2D eigenvalue weighted by molar-refractivity contribution is 0.0175. The van der Waals surface area contributed by atoms with Gasteiger partial charge in [-0.1, -0.05) is 11.6 Å². The van der Waals surface area contributed by atoms with Crippen molar-refractivity contribution in [3.63, 3.8) is 0 Å². The van der Waals surface area contributed by atoms with Crippen molar-refractivity contribution in [3.8, 4) is 5.88 Å². The molecule has 0 saturated carbocycles. The van der Waals surface area contributed by atoms with Gasteiger partial charge < -0.3 is 18.9 Å². The molecule has 0 aliphatic carbocycles. The SMILES string of the molecule is COCCOCCOCCOc1cc(Cl)nc2ncnn12. The highest BCUT2D eigenvalue weighted by molar-refractivity contribution is 6.29. The van der Waals surface area contributed by atoms with E-state index in [0.717, 1.165) is 0 Å². The Kier molecular flexibility index (Phi) is 6.61. The van der Waals surface area contributed by atoms with Crippen LogP contribution in [0.4, 0.5) is 0 Å². The summed E-state index contributed by atoms with van der Waals surface area (Å²) in [4.78, 5) is 7.96. The summed E-state index contributed by atoms with van der Waals surface area (Å²) in [7, 11) is 1.63. The fraction of sp³-hybridized carbons (Fsp3) is 0.583. The largest absolute Gasteiger partial charge is 0.475 e. The molecule has 8 nitrogen and oxygen atoms in total. The number of ether oxygens (including phenoxy) is 4. The van der Waals surface area contributed by atoms with Crippen molar-refractivity contribution in [1.29, 1.82) is 0 Å². The Hall–Kier alpha value is -1.48. The molecule has 0 bridgehead atoms. The van der Waals surface area contributed by atoms with Crippen LogP contribution in [0.5, 0.6) is 5.88 Å². The van der Waals surface area contributed by atoms with Crippen molar-refractivity contribution in [2.45, 2.75) is 0 Å². The van der Waals surface area contributed by atoms with E-state index in [1.807, 2.05) is 0 Å². The Bertz CT molecular complexity index is 551. The van der Waals surface area contributed by atoms with Crippen LogP contribution in [0.2, 0.25) is 5.15 Å². The van der Waals surface area contributed by atoms with E-state index < -0.39 is 0 Å². The van der Waals surface area contributed by atoms with Crippen LogP contribution in [0.15, 0.2) is 12.4 Å². The van der Waals surface area contributed by atoms with Gasteiger partial charge in [-0.25, -0.2) is 0 Å². The predicted octanol–water partition coefficient (Wildman–Crippen LogP) is 0.836. The van der Waals surface area contributed by atoms with Crippen LogP contribution in [-0.4, -0.2) is 66.3 Å². The molecule has 0 aliphatic heterocycles. The number of rotatable bonds is 10. The van der Waals surface area contributed by atoms with Crippen molar-refractivity contribution in [1.82, 2.24) is 19.6 Å². The first kappa shape index (κ1) is 15.9. The zero-order valence-corrected chi connectivity index (χ0v) is 12.5. The van der Waals surface area contributed by atoms with Crippen molar-refractivity contribution in [2.75, 3.05) is 46.8 Å². The molecule has 0 N–H and O–H groups in total. The minimum atomic E-state index is 0.304. The quantitative estimate of drug-likeness (QED) is 0.474. The molecule has 0 amide bonds. The van der Waals surface area contributed by atoms with E-state index >= 15 is 0 Å². The number of fused-ring (bicyclic) bond motifs is 1. The van der Waals surface area contributed by atoms with Gasteiger partial charge in [-0.15, -0.1) is 0 Å². The molecule has 116 valence electrons. The van der Waals surface area contributed by atoms with Gasteiger partial charge >= 0.3 is 0 Å². The Morgan fingerprint density at radius 3 is 2.57 bits per heavy atom. The molecule has 0 atom stereocenters. The summed E-state index contributed by atoms with van der Waals surface area (Å²) in [6.07, 6.45) is 1.39. The van der Waals surface area contributed by atoms with E-state index in [-0.39, 0.29) is 0 Å². The summed E-state index contributed by atoms with van der Waals surface area (Å²) < 4.78 is 22.5. The van der Waals surface area contributed by atoms with Gasteiger partial charge in [0.15, 0.2) is 0 Å². The summed E-state index contributed by atoms with van der Waals surface area (Å²) >= 11 is 5.87. The van der Waals surface area contributed by atoms with Crippen molar-refractivity contribution >= 4 is 17.4 Å². The van der Waals surface area contributed by atoms with Gasteiger partial charge in [0.2, 0.25) is 5.88 Å². The van der Waals surface area contributed by atoms with Crippen molar-refractivity contribution < 1.29 is 18.9 Å².